The predicted molar refractivity (Wildman–Crippen MR) is 60.8 cm³/mol. The summed E-state index contributed by atoms with van der Waals surface area (Å²) in [4.78, 5) is 0. The van der Waals surface area contributed by atoms with Crippen molar-refractivity contribution in [3.63, 3.8) is 0 Å². The summed E-state index contributed by atoms with van der Waals surface area (Å²) in [6.45, 7) is 2.42. The first-order valence-corrected chi connectivity index (χ1v) is 4.37. The molecule has 0 fully saturated rings. The summed E-state index contributed by atoms with van der Waals surface area (Å²) in [7, 11) is 0. The van der Waals surface area contributed by atoms with Crippen molar-refractivity contribution in [3.8, 4) is 5.75 Å². The monoisotopic (exact) mass is 216 g/mol. The van der Waals surface area contributed by atoms with E-state index in [9.17, 15) is 5.11 Å². The first kappa shape index (κ1) is 13.2. The van der Waals surface area contributed by atoms with Gasteiger partial charge in [0.05, 0.1) is 0 Å². The van der Waals surface area contributed by atoms with Gasteiger partial charge in [0, 0.05) is 12.6 Å². The van der Waals surface area contributed by atoms with Crippen molar-refractivity contribution in [1.29, 1.82) is 0 Å². The number of hydrogen-bond acceptors (Lipinski definition) is 3. The minimum Gasteiger partial charge on any atom is -0.508 e. The third-order valence-corrected chi connectivity index (χ3v) is 2.02. The van der Waals surface area contributed by atoms with E-state index in [1.807, 2.05) is 19.1 Å². The summed E-state index contributed by atoms with van der Waals surface area (Å²) < 4.78 is 0. The van der Waals surface area contributed by atoms with Gasteiger partial charge in [-0.25, -0.2) is 0 Å². The molecule has 0 aliphatic heterocycles. The second-order valence-electron chi connectivity index (χ2n) is 3.33. The van der Waals surface area contributed by atoms with Crippen molar-refractivity contribution in [2.24, 2.45) is 11.5 Å². The minimum absolute atomic E-state index is 0. The van der Waals surface area contributed by atoms with Crippen molar-refractivity contribution in [2.75, 3.05) is 6.54 Å². The minimum atomic E-state index is -0.0762. The van der Waals surface area contributed by atoms with Crippen LogP contribution >= 0.6 is 12.4 Å². The molecule has 5 N–H and O–H groups in total. The molecule has 0 aliphatic rings. The van der Waals surface area contributed by atoms with E-state index in [-0.39, 0.29) is 18.4 Å². The fraction of sp³-hybridized carbons (Fsp3) is 0.400. The average molecular weight is 217 g/mol. The summed E-state index contributed by atoms with van der Waals surface area (Å²) in [6, 6.07) is 5.42. The van der Waals surface area contributed by atoms with E-state index < -0.39 is 0 Å². The van der Waals surface area contributed by atoms with Crippen LogP contribution in [0.1, 0.15) is 11.1 Å². The van der Waals surface area contributed by atoms with Gasteiger partial charge in [-0.2, -0.15) is 0 Å². The molecular formula is C10H17ClN2O. The van der Waals surface area contributed by atoms with Crippen molar-refractivity contribution in [2.45, 2.75) is 19.4 Å². The van der Waals surface area contributed by atoms with Gasteiger partial charge < -0.3 is 16.6 Å². The molecule has 1 rings (SSSR count). The molecule has 0 aliphatic carbocycles. The molecule has 1 unspecified atom stereocenters. The summed E-state index contributed by atoms with van der Waals surface area (Å²) in [5.74, 6) is 0.300. The van der Waals surface area contributed by atoms with E-state index in [2.05, 4.69) is 0 Å². The van der Waals surface area contributed by atoms with Crippen LogP contribution in [0, 0.1) is 6.92 Å². The van der Waals surface area contributed by atoms with Crippen LogP contribution in [0.3, 0.4) is 0 Å². The first-order chi connectivity index (χ1) is 6.13. The highest BCUT2D eigenvalue weighted by Crippen LogP contribution is 2.19. The number of aryl methyl sites for hydroxylation is 1. The van der Waals surface area contributed by atoms with Gasteiger partial charge in [-0.15, -0.1) is 12.4 Å². The van der Waals surface area contributed by atoms with Crippen molar-refractivity contribution in [1.82, 2.24) is 0 Å². The van der Waals surface area contributed by atoms with Crippen LogP contribution in [-0.2, 0) is 6.42 Å². The third-order valence-electron chi connectivity index (χ3n) is 2.02. The molecule has 0 heterocycles. The Labute approximate surface area is 90.5 Å². The number of rotatable bonds is 3. The second-order valence-corrected chi connectivity index (χ2v) is 3.33. The summed E-state index contributed by atoms with van der Waals surface area (Å²) in [6.07, 6.45) is 0.629. The summed E-state index contributed by atoms with van der Waals surface area (Å²) in [5, 5.41) is 9.48. The van der Waals surface area contributed by atoms with E-state index in [4.69, 9.17) is 11.5 Å². The quantitative estimate of drug-likeness (QED) is 0.705. The van der Waals surface area contributed by atoms with Crippen LogP contribution in [0.2, 0.25) is 0 Å². The molecule has 0 spiro atoms. The lowest BCUT2D eigenvalue weighted by atomic mass is 10.0. The molecule has 3 nitrogen and oxygen atoms in total. The van der Waals surface area contributed by atoms with E-state index in [1.54, 1.807) is 6.07 Å². The Balaban J connectivity index is 0.00000169. The Morgan fingerprint density at radius 3 is 2.64 bits per heavy atom. The molecule has 0 saturated carbocycles. The normalized spacial score (nSPS) is 11.9. The molecule has 1 aromatic rings. The molecule has 0 amide bonds. The molecule has 1 aromatic carbocycles. The average Bonchev–Trinajstić information content (AvgIpc) is 2.11. The van der Waals surface area contributed by atoms with E-state index in [1.165, 1.54) is 0 Å². The molecule has 0 bridgehead atoms. The Bertz CT molecular complexity index is 291. The van der Waals surface area contributed by atoms with Crippen LogP contribution in [0.5, 0.6) is 5.75 Å². The molecule has 4 heteroatoms. The number of nitrogens with two attached hydrogens (primary N) is 2. The third kappa shape index (κ3) is 3.54. The Morgan fingerprint density at radius 1 is 1.43 bits per heavy atom. The molecule has 0 radical (unpaired) electrons. The van der Waals surface area contributed by atoms with Gasteiger partial charge in [-0.3, -0.25) is 0 Å². The van der Waals surface area contributed by atoms with Gasteiger partial charge in [-0.05, 0) is 25.0 Å². The van der Waals surface area contributed by atoms with E-state index in [0.29, 0.717) is 18.7 Å². The Kier molecular flexibility index (Phi) is 5.53. The van der Waals surface area contributed by atoms with Crippen LogP contribution in [0.4, 0.5) is 0 Å². The number of benzene rings is 1. The number of hydrogen-bond donors (Lipinski definition) is 3. The fourth-order valence-electron chi connectivity index (χ4n) is 1.24. The van der Waals surface area contributed by atoms with Crippen LogP contribution in [0.15, 0.2) is 18.2 Å². The fourth-order valence-corrected chi connectivity index (χ4v) is 1.24. The molecule has 0 saturated heterocycles. The van der Waals surface area contributed by atoms with E-state index in [0.717, 1.165) is 11.1 Å². The van der Waals surface area contributed by atoms with Gasteiger partial charge in [0.1, 0.15) is 5.75 Å². The lowest BCUT2D eigenvalue weighted by molar-refractivity contribution is 0.464. The zero-order chi connectivity index (χ0) is 9.84. The zero-order valence-electron chi connectivity index (χ0n) is 8.23. The Morgan fingerprint density at radius 2 is 2.07 bits per heavy atom. The highest BCUT2D eigenvalue weighted by atomic mass is 35.5. The lowest BCUT2D eigenvalue weighted by Crippen LogP contribution is -2.31. The highest BCUT2D eigenvalue weighted by Gasteiger charge is 2.05. The predicted octanol–water partition coefficient (Wildman–Crippen LogP) is 0.951. The molecule has 14 heavy (non-hydrogen) atoms. The number of halogens is 1. The summed E-state index contributed by atoms with van der Waals surface area (Å²) >= 11 is 0. The summed E-state index contributed by atoms with van der Waals surface area (Å²) in [5.41, 5.74) is 13.1. The number of phenols is 1. The van der Waals surface area contributed by atoms with Crippen molar-refractivity contribution < 1.29 is 5.11 Å². The first-order valence-electron chi connectivity index (χ1n) is 4.37. The Hall–Kier alpha value is -0.770. The topological polar surface area (TPSA) is 72.3 Å². The van der Waals surface area contributed by atoms with Crippen LogP contribution in [-0.4, -0.2) is 17.7 Å². The van der Waals surface area contributed by atoms with Gasteiger partial charge in [0.25, 0.3) is 0 Å². The van der Waals surface area contributed by atoms with Gasteiger partial charge in [0.2, 0.25) is 0 Å². The maximum absolute atomic E-state index is 9.48. The molecule has 0 aromatic heterocycles. The lowest BCUT2D eigenvalue weighted by Gasteiger charge is -2.10. The van der Waals surface area contributed by atoms with Crippen LogP contribution in [0.25, 0.3) is 0 Å². The van der Waals surface area contributed by atoms with Crippen molar-refractivity contribution in [3.05, 3.63) is 29.3 Å². The zero-order valence-corrected chi connectivity index (χ0v) is 9.05. The smallest absolute Gasteiger partial charge is 0.118 e. The van der Waals surface area contributed by atoms with Gasteiger partial charge >= 0.3 is 0 Å². The van der Waals surface area contributed by atoms with Gasteiger partial charge in [0.15, 0.2) is 0 Å². The maximum Gasteiger partial charge on any atom is 0.118 e. The largest absolute Gasteiger partial charge is 0.508 e. The SMILES string of the molecule is Cc1ccc(O)c(CC(N)CN)c1.Cl. The number of phenolic OH excluding ortho intramolecular Hbond substituents is 1. The highest BCUT2D eigenvalue weighted by molar-refractivity contribution is 5.85. The molecule has 80 valence electrons. The molecular weight excluding hydrogens is 200 g/mol. The van der Waals surface area contributed by atoms with Crippen molar-refractivity contribution >= 4 is 12.4 Å². The molecule has 1 atom stereocenters. The number of aromatic hydroxyl groups is 1. The van der Waals surface area contributed by atoms with Gasteiger partial charge in [-0.1, -0.05) is 17.7 Å². The van der Waals surface area contributed by atoms with E-state index >= 15 is 0 Å². The second kappa shape index (κ2) is 5.86. The maximum atomic E-state index is 9.48. The standard InChI is InChI=1S/C10H16N2O.ClH/c1-7-2-3-10(13)8(4-7)5-9(12)6-11;/h2-4,9,13H,5-6,11-12H2,1H3;1H. The van der Waals surface area contributed by atoms with Crippen LogP contribution < -0.4 is 11.5 Å².